The van der Waals surface area contributed by atoms with Crippen molar-refractivity contribution in [1.82, 2.24) is 4.90 Å². The highest BCUT2D eigenvalue weighted by molar-refractivity contribution is 7.09. The average molecular weight is 399 g/mol. The summed E-state index contributed by atoms with van der Waals surface area (Å²) in [5, 5.41) is 5.69. The SMILES string of the molecule is O=C(CN(Cc1cccs1)CC1CCCO1)Nc1cccc(Cl)c1Cl. The molecule has 1 fully saturated rings. The second kappa shape index (κ2) is 9.01. The van der Waals surface area contributed by atoms with E-state index in [2.05, 4.69) is 16.3 Å². The number of rotatable bonds is 7. The van der Waals surface area contributed by atoms with Gasteiger partial charge in [0.1, 0.15) is 0 Å². The molecule has 2 heterocycles. The van der Waals surface area contributed by atoms with Crippen molar-refractivity contribution in [1.29, 1.82) is 0 Å². The highest BCUT2D eigenvalue weighted by Gasteiger charge is 2.21. The molecule has 1 aliphatic rings. The summed E-state index contributed by atoms with van der Waals surface area (Å²) in [6, 6.07) is 9.31. The molecule has 1 unspecified atom stereocenters. The van der Waals surface area contributed by atoms with Gasteiger partial charge in [-0.25, -0.2) is 0 Å². The van der Waals surface area contributed by atoms with Crippen molar-refractivity contribution < 1.29 is 9.53 Å². The highest BCUT2D eigenvalue weighted by atomic mass is 35.5. The number of hydrogen-bond acceptors (Lipinski definition) is 4. The van der Waals surface area contributed by atoms with Crippen LogP contribution in [0.5, 0.6) is 0 Å². The molecule has 0 bridgehead atoms. The van der Waals surface area contributed by atoms with Crippen LogP contribution in [-0.4, -0.2) is 36.6 Å². The van der Waals surface area contributed by atoms with E-state index in [-0.39, 0.29) is 18.6 Å². The van der Waals surface area contributed by atoms with Crippen LogP contribution in [0.4, 0.5) is 5.69 Å². The predicted molar refractivity (Wildman–Crippen MR) is 104 cm³/mol. The Morgan fingerprint density at radius 2 is 2.20 bits per heavy atom. The van der Waals surface area contributed by atoms with Crippen LogP contribution < -0.4 is 5.32 Å². The van der Waals surface area contributed by atoms with Crippen LogP contribution in [0.15, 0.2) is 35.7 Å². The van der Waals surface area contributed by atoms with Gasteiger partial charge in [0.05, 0.1) is 28.4 Å². The van der Waals surface area contributed by atoms with Gasteiger partial charge in [0, 0.05) is 24.6 Å². The molecule has 1 saturated heterocycles. The van der Waals surface area contributed by atoms with Gasteiger partial charge in [-0.2, -0.15) is 0 Å². The topological polar surface area (TPSA) is 41.6 Å². The first-order valence-corrected chi connectivity index (χ1v) is 9.85. The molecular formula is C18H20Cl2N2O2S. The smallest absolute Gasteiger partial charge is 0.238 e. The molecule has 0 aliphatic carbocycles. The van der Waals surface area contributed by atoms with E-state index >= 15 is 0 Å². The maximum atomic E-state index is 12.5. The number of anilines is 1. The molecule has 2 aromatic rings. The Kier molecular flexibility index (Phi) is 6.73. The molecule has 7 heteroatoms. The van der Waals surface area contributed by atoms with Gasteiger partial charge in [0.15, 0.2) is 0 Å². The van der Waals surface area contributed by atoms with E-state index in [1.54, 1.807) is 29.5 Å². The maximum Gasteiger partial charge on any atom is 0.238 e. The molecule has 1 aromatic carbocycles. The fraction of sp³-hybridized carbons (Fsp3) is 0.389. The summed E-state index contributed by atoms with van der Waals surface area (Å²) < 4.78 is 5.73. The van der Waals surface area contributed by atoms with Gasteiger partial charge in [-0.05, 0) is 36.4 Å². The number of thiophene rings is 1. The zero-order valence-electron chi connectivity index (χ0n) is 13.7. The van der Waals surface area contributed by atoms with E-state index in [9.17, 15) is 4.79 Å². The third-order valence-corrected chi connectivity index (χ3v) is 5.72. The quantitative estimate of drug-likeness (QED) is 0.736. The molecule has 0 radical (unpaired) electrons. The average Bonchev–Trinajstić information content (AvgIpc) is 3.26. The largest absolute Gasteiger partial charge is 0.377 e. The lowest BCUT2D eigenvalue weighted by molar-refractivity contribution is -0.117. The monoisotopic (exact) mass is 398 g/mol. The Morgan fingerprint density at radius 1 is 1.32 bits per heavy atom. The molecule has 1 N–H and O–H groups in total. The zero-order chi connectivity index (χ0) is 17.6. The third kappa shape index (κ3) is 5.43. The number of nitrogens with zero attached hydrogens (tertiary/aromatic N) is 1. The standard InChI is InChI=1S/C18H20Cl2N2O2S/c19-15-6-1-7-16(18(15)20)21-17(23)12-22(10-13-4-2-8-24-13)11-14-5-3-9-25-14/h1,3,5-7,9,13H,2,4,8,10-12H2,(H,21,23). The summed E-state index contributed by atoms with van der Waals surface area (Å²) in [6.45, 7) is 2.56. The van der Waals surface area contributed by atoms with Crippen LogP contribution in [0, 0.1) is 0 Å². The molecule has 0 saturated carbocycles. The summed E-state index contributed by atoms with van der Waals surface area (Å²) in [7, 11) is 0. The molecular weight excluding hydrogens is 379 g/mol. The lowest BCUT2D eigenvalue weighted by Gasteiger charge is -2.24. The Bertz CT molecular complexity index is 703. The maximum absolute atomic E-state index is 12.5. The molecule has 1 atom stereocenters. The van der Waals surface area contributed by atoms with Crippen molar-refractivity contribution in [3.05, 3.63) is 50.6 Å². The van der Waals surface area contributed by atoms with Crippen LogP contribution in [0.25, 0.3) is 0 Å². The fourth-order valence-electron chi connectivity index (χ4n) is 2.88. The number of hydrogen-bond donors (Lipinski definition) is 1. The minimum atomic E-state index is -0.112. The molecule has 1 aliphatic heterocycles. The van der Waals surface area contributed by atoms with E-state index in [0.717, 1.165) is 32.5 Å². The number of ether oxygens (including phenoxy) is 1. The molecule has 1 aromatic heterocycles. The first kappa shape index (κ1) is 18.7. The minimum absolute atomic E-state index is 0.112. The highest BCUT2D eigenvalue weighted by Crippen LogP contribution is 2.29. The zero-order valence-corrected chi connectivity index (χ0v) is 16.0. The Labute approximate surface area is 161 Å². The van der Waals surface area contributed by atoms with Gasteiger partial charge in [0.2, 0.25) is 5.91 Å². The van der Waals surface area contributed by atoms with Gasteiger partial charge in [-0.1, -0.05) is 35.3 Å². The van der Waals surface area contributed by atoms with Crippen LogP contribution in [0.2, 0.25) is 10.0 Å². The summed E-state index contributed by atoms with van der Waals surface area (Å²) in [6.07, 6.45) is 2.33. The van der Waals surface area contributed by atoms with Crippen molar-refractivity contribution in [3.63, 3.8) is 0 Å². The van der Waals surface area contributed by atoms with Crippen molar-refractivity contribution >= 4 is 46.1 Å². The molecule has 134 valence electrons. The van der Waals surface area contributed by atoms with Crippen LogP contribution in [0.1, 0.15) is 17.7 Å². The van der Waals surface area contributed by atoms with E-state index < -0.39 is 0 Å². The van der Waals surface area contributed by atoms with Gasteiger partial charge in [-0.15, -0.1) is 11.3 Å². The number of nitrogens with one attached hydrogen (secondary N) is 1. The van der Waals surface area contributed by atoms with E-state index in [1.807, 2.05) is 11.4 Å². The van der Waals surface area contributed by atoms with Gasteiger partial charge in [0.25, 0.3) is 0 Å². The fourth-order valence-corrected chi connectivity index (χ4v) is 3.97. The van der Waals surface area contributed by atoms with E-state index in [0.29, 0.717) is 15.7 Å². The van der Waals surface area contributed by atoms with Crippen molar-refractivity contribution in [2.45, 2.75) is 25.5 Å². The Morgan fingerprint density at radius 3 is 2.92 bits per heavy atom. The molecule has 3 rings (SSSR count). The summed E-state index contributed by atoms with van der Waals surface area (Å²) in [4.78, 5) is 15.8. The number of halogens is 2. The third-order valence-electron chi connectivity index (χ3n) is 4.04. The number of benzene rings is 1. The predicted octanol–water partition coefficient (Wildman–Crippen LogP) is 4.67. The second-order valence-electron chi connectivity index (χ2n) is 6.03. The van der Waals surface area contributed by atoms with E-state index in [4.69, 9.17) is 27.9 Å². The molecule has 0 spiro atoms. The normalized spacial score (nSPS) is 17.2. The number of amides is 1. The van der Waals surface area contributed by atoms with Crippen molar-refractivity contribution in [3.8, 4) is 0 Å². The van der Waals surface area contributed by atoms with E-state index in [1.165, 1.54) is 4.88 Å². The van der Waals surface area contributed by atoms with Gasteiger partial charge >= 0.3 is 0 Å². The Hall–Kier alpha value is -1.11. The molecule has 25 heavy (non-hydrogen) atoms. The first-order chi connectivity index (χ1) is 12.1. The van der Waals surface area contributed by atoms with Crippen LogP contribution in [0.3, 0.4) is 0 Å². The minimum Gasteiger partial charge on any atom is -0.377 e. The molecule has 4 nitrogen and oxygen atoms in total. The second-order valence-corrected chi connectivity index (χ2v) is 7.85. The first-order valence-electron chi connectivity index (χ1n) is 8.22. The van der Waals surface area contributed by atoms with Gasteiger partial charge in [-0.3, -0.25) is 9.69 Å². The number of carbonyl (C=O) groups is 1. The Balaban J connectivity index is 1.63. The van der Waals surface area contributed by atoms with Gasteiger partial charge < -0.3 is 10.1 Å². The van der Waals surface area contributed by atoms with Crippen molar-refractivity contribution in [2.75, 3.05) is 25.0 Å². The summed E-state index contributed by atoms with van der Waals surface area (Å²) in [5.74, 6) is -0.112. The number of carbonyl (C=O) groups excluding carboxylic acids is 1. The van der Waals surface area contributed by atoms with Crippen LogP contribution in [-0.2, 0) is 16.1 Å². The van der Waals surface area contributed by atoms with Crippen LogP contribution >= 0.6 is 34.5 Å². The summed E-state index contributed by atoms with van der Waals surface area (Å²) >= 11 is 13.8. The molecule has 1 amide bonds. The lowest BCUT2D eigenvalue weighted by atomic mass is 10.2. The summed E-state index contributed by atoms with van der Waals surface area (Å²) in [5.41, 5.74) is 0.535. The van der Waals surface area contributed by atoms with Crippen molar-refractivity contribution in [2.24, 2.45) is 0 Å². The lowest BCUT2D eigenvalue weighted by Crippen LogP contribution is -2.37.